The van der Waals surface area contributed by atoms with Gasteiger partial charge in [0.2, 0.25) is 0 Å². The first kappa shape index (κ1) is 18.7. The highest BCUT2D eigenvalue weighted by Gasteiger charge is 2.62. The first-order valence-corrected chi connectivity index (χ1v) is 12.9. The number of hydrogen-bond acceptors (Lipinski definition) is 3. The van der Waals surface area contributed by atoms with Crippen molar-refractivity contribution in [1.82, 2.24) is 0 Å². The third-order valence-corrected chi connectivity index (χ3v) is 10.8. The first-order valence-electron chi connectivity index (χ1n) is 10.1. The van der Waals surface area contributed by atoms with E-state index in [-0.39, 0.29) is 9.49 Å². The van der Waals surface area contributed by atoms with Crippen molar-refractivity contribution in [1.29, 1.82) is 0 Å². The molecule has 0 aromatic heterocycles. The predicted octanol–water partition coefficient (Wildman–Crippen LogP) is 7.78. The maximum absolute atomic E-state index is 2.36. The van der Waals surface area contributed by atoms with E-state index in [2.05, 4.69) is 133 Å². The maximum atomic E-state index is 2.36. The molecule has 2 aliphatic rings. The SMILES string of the molecule is c1ccc(C2(c3ccccc3)SCSC23c2ccccc2Sc2ccccc23)cc1. The lowest BCUT2D eigenvalue weighted by Gasteiger charge is -2.49. The monoisotopic (exact) mass is 440 g/mol. The molecule has 0 saturated carbocycles. The second-order valence-corrected chi connectivity index (χ2v) is 11.4. The van der Waals surface area contributed by atoms with Gasteiger partial charge in [-0.05, 0) is 34.4 Å². The molecule has 1 spiro atoms. The summed E-state index contributed by atoms with van der Waals surface area (Å²) in [7, 11) is 0. The molecule has 0 atom stereocenters. The zero-order chi connectivity index (χ0) is 20.0. The standard InChI is InChI=1S/C27H20S3/c1-3-11-20(12-4-1)26(21-13-5-2-6-14-21)27(29-19-28-26)22-15-7-9-17-24(22)30-25-18-10-8-16-23(25)27/h1-18H,19H2. The van der Waals surface area contributed by atoms with E-state index >= 15 is 0 Å². The number of benzene rings is 4. The number of fused-ring (bicyclic) bond motifs is 4. The van der Waals surface area contributed by atoms with Crippen LogP contribution in [0.5, 0.6) is 0 Å². The first-order chi connectivity index (χ1) is 14.9. The molecule has 2 aliphatic heterocycles. The molecular formula is C27H20S3. The Kier molecular flexibility index (Phi) is 4.52. The maximum Gasteiger partial charge on any atom is 0.0916 e. The second-order valence-electron chi connectivity index (χ2n) is 7.60. The van der Waals surface area contributed by atoms with E-state index in [1.165, 1.54) is 32.0 Å². The fraction of sp³-hybridized carbons (Fsp3) is 0.111. The van der Waals surface area contributed by atoms with Crippen molar-refractivity contribution in [2.24, 2.45) is 0 Å². The van der Waals surface area contributed by atoms with Gasteiger partial charge in [0.25, 0.3) is 0 Å². The number of hydrogen-bond donors (Lipinski definition) is 0. The summed E-state index contributed by atoms with van der Waals surface area (Å²) in [6, 6.07) is 40.3. The lowest BCUT2D eigenvalue weighted by molar-refractivity contribution is 0.571. The van der Waals surface area contributed by atoms with Gasteiger partial charge in [0.15, 0.2) is 0 Å². The van der Waals surface area contributed by atoms with Gasteiger partial charge >= 0.3 is 0 Å². The Morgan fingerprint density at radius 3 is 1.43 bits per heavy atom. The van der Waals surface area contributed by atoms with Gasteiger partial charge in [-0.25, -0.2) is 0 Å². The minimum absolute atomic E-state index is 0.182. The van der Waals surface area contributed by atoms with E-state index < -0.39 is 0 Å². The molecule has 30 heavy (non-hydrogen) atoms. The predicted molar refractivity (Wildman–Crippen MR) is 131 cm³/mol. The zero-order valence-electron chi connectivity index (χ0n) is 16.3. The average Bonchev–Trinajstić information content (AvgIpc) is 3.22. The number of thioether (sulfide) groups is 2. The Bertz CT molecular complexity index is 1120. The average molecular weight is 441 g/mol. The summed E-state index contributed by atoms with van der Waals surface area (Å²) in [5, 5.41) is 1.05. The molecule has 4 aromatic carbocycles. The van der Waals surface area contributed by atoms with Crippen LogP contribution in [-0.2, 0) is 9.49 Å². The fourth-order valence-corrected chi connectivity index (χ4v) is 10.4. The highest BCUT2D eigenvalue weighted by atomic mass is 32.2. The molecule has 0 radical (unpaired) electrons. The van der Waals surface area contributed by atoms with Crippen LogP contribution in [0.2, 0.25) is 0 Å². The van der Waals surface area contributed by atoms with Crippen LogP contribution < -0.4 is 0 Å². The highest BCUT2D eigenvalue weighted by molar-refractivity contribution is 8.20. The van der Waals surface area contributed by atoms with Gasteiger partial charge in [-0.3, -0.25) is 0 Å². The van der Waals surface area contributed by atoms with Crippen molar-refractivity contribution in [2.75, 3.05) is 5.08 Å². The van der Waals surface area contributed by atoms with Crippen LogP contribution >= 0.6 is 35.3 Å². The van der Waals surface area contributed by atoms with Crippen molar-refractivity contribution >= 4 is 35.3 Å². The lowest BCUT2D eigenvalue weighted by atomic mass is 9.71. The minimum Gasteiger partial charge on any atom is -0.132 e. The molecule has 6 rings (SSSR count). The zero-order valence-corrected chi connectivity index (χ0v) is 18.8. The topological polar surface area (TPSA) is 0 Å². The lowest BCUT2D eigenvalue weighted by Crippen LogP contribution is -2.45. The largest absolute Gasteiger partial charge is 0.132 e. The molecule has 0 aliphatic carbocycles. The Balaban J connectivity index is 1.77. The quantitative estimate of drug-likeness (QED) is 0.312. The van der Waals surface area contributed by atoms with Crippen LogP contribution in [0.1, 0.15) is 22.3 Å². The third-order valence-electron chi connectivity index (χ3n) is 6.16. The second kappa shape index (κ2) is 7.26. The van der Waals surface area contributed by atoms with Crippen LogP contribution in [0.15, 0.2) is 119 Å². The fourth-order valence-electron chi connectivity index (χ4n) is 4.99. The molecule has 4 aromatic rings. The molecule has 1 saturated heterocycles. The molecule has 0 amide bonds. The Labute approximate surface area is 190 Å². The smallest absolute Gasteiger partial charge is 0.0916 e. The van der Waals surface area contributed by atoms with Crippen molar-refractivity contribution < 1.29 is 0 Å². The van der Waals surface area contributed by atoms with E-state index in [1.54, 1.807) is 0 Å². The van der Waals surface area contributed by atoms with Gasteiger partial charge in [-0.1, -0.05) is 109 Å². The van der Waals surface area contributed by atoms with Gasteiger partial charge in [0.05, 0.1) is 9.49 Å². The minimum atomic E-state index is -0.201. The third kappa shape index (κ3) is 2.46. The van der Waals surface area contributed by atoms with E-state index in [0.29, 0.717) is 0 Å². The van der Waals surface area contributed by atoms with Crippen molar-refractivity contribution in [2.45, 2.75) is 19.3 Å². The molecule has 146 valence electrons. The van der Waals surface area contributed by atoms with Gasteiger partial charge < -0.3 is 0 Å². The van der Waals surface area contributed by atoms with Gasteiger partial charge in [-0.2, -0.15) is 0 Å². The molecule has 0 unspecified atom stereocenters. The van der Waals surface area contributed by atoms with Crippen molar-refractivity contribution in [3.8, 4) is 0 Å². The highest BCUT2D eigenvalue weighted by Crippen LogP contribution is 2.73. The molecule has 1 fully saturated rings. The van der Waals surface area contributed by atoms with E-state index in [1.807, 2.05) is 11.8 Å². The number of rotatable bonds is 2. The summed E-state index contributed by atoms with van der Waals surface area (Å²) in [5.41, 5.74) is 5.64. The molecule has 0 nitrogen and oxygen atoms in total. The van der Waals surface area contributed by atoms with E-state index in [0.717, 1.165) is 5.08 Å². The Morgan fingerprint density at radius 1 is 0.467 bits per heavy atom. The Hall–Kier alpha value is -2.07. The Morgan fingerprint density at radius 2 is 0.900 bits per heavy atom. The van der Waals surface area contributed by atoms with E-state index in [9.17, 15) is 0 Å². The van der Waals surface area contributed by atoms with Crippen LogP contribution in [0.25, 0.3) is 0 Å². The molecule has 2 heterocycles. The van der Waals surface area contributed by atoms with Crippen molar-refractivity contribution in [3.63, 3.8) is 0 Å². The molecule has 0 bridgehead atoms. The summed E-state index contributed by atoms with van der Waals surface area (Å²) in [6.07, 6.45) is 0. The van der Waals surface area contributed by atoms with E-state index in [4.69, 9.17) is 0 Å². The van der Waals surface area contributed by atoms with Crippen molar-refractivity contribution in [3.05, 3.63) is 131 Å². The van der Waals surface area contributed by atoms with Crippen LogP contribution in [0.4, 0.5) is 0 Å². The summed E-state index contributed by atoms with van der Waals surface area (Å²) in [6.45, 7) is 0. The van der Waals surface area contributed by atoms with Crippen LogP contribution in [0, 0.1) is 0 Å². The summed E-state index contributed by atoms with van der Waals surface area (Å²) < 4.78 is -0.383. The molecular weight excluding hydrogens is 420 g/mol. The van der Waals surface area contributed by atoms with Gasteiger partial charge in [0, 0.05) is 14.9 Å². The molecule has 3 heteroatoms. The van der Waals surface area contributed by atoms with Gasteiger partial charge in [-0.15, -0.1) is 23.5 Å². The summed E-state index contributed by atoms with van der Waals surface area (Å²) in [5.74, 6) is 0. The normalized spacial score (nSPS) is 18.0. The van der Waals surface area contributed by atoms with Crippen LogP contribution in [-0.4, -0.2) is 5.08 Å². The summed E-state index contributed by atoms with van der Waals surface area (Å²) >= 11 is 6.09. The van der Waals surface area contributed by atoms with Crippen LogP contribution in [0.3, 0.4) is 0 Å². The summed E-state index contributed by atoms with van der Waals surface area (Å²) in [4.78, 5) is 2.75. The molecule has 0 N–H and O–H groups in total. The van der Waals surface area contributed by atoms with Gasteiger partial charge in [0.1, 0.15) is 0 Å².